The number of nitrogens with zero attached hydrogens (tertiary/aromatic N) is 4. The summed E-state index contributed by atoms with van der Waals surface area (Å²) < 4.78 is 7.43. The van der Waals surface area contributed by atoms with Crippen LogP contribution in [0.1, 0.15) is 5.56 Å². The van der Waals surface area contributed by atoms with E-state index in [1.807, 2.05) is 31.2 Å². The maximum atomic E-state index is 10.3. The highest BCUT2D eigenvalue weighted by Crippen LogP contribution is 2.32. The molecule has 0 amide bonds. The van der Waals surface area contributed by atoms with Gasteiger partial charge in [-0.2, -0.15) is 0 Å². The van der Waals surface area contributed by atoms with Crippen molar-refractivity contribution >= 4 is 11.1 Å². The Hall–Kier alpha value is -3.15. The molecule has 2 heterocycles. The number of aromatic nitrogens is 4. The molecular formula is C16H12N4O2. The number of hydrogen-bond donors (Lipinski definition) is 1. The van der Waals surface area contributed by atoms with Gasteiger partial charge in [-0.15, -0.1) is 10.2 Å². The van der Waals surface area contributed by atoms with Gasteiger partial charge < -0.3 is 9.52 Å². The van der Waals surface area contributed by atoms with E-state index < -0.39 is 0 Å². The van der Waals surface area contributed by atoms with Crippen LogP contribution in [-0.4, -0.2) is 24.9 Å². The van der Waals surface area contributed by atoms with Gasteiger partial charge in [0, 0.05) is 6.07 Å². The lowest BCUT2D eigenvalue weighted by Crippen LogP contribution is -1.90. The molecule has 0 atom stereocenters. The summed E-state index contributed by atoms with van der Waals surface area (Å²) in [4.78, 5) is 4.44. The van der Waals surface area contributed by atoms with E-state index in [0.717, 1.165) is 16.8 Å². The smallest absolute Gasteiger partial charge is 0.231 e. The van der Waals surface area contributed by atoms with Crippen LogP contribution in [0.2, 0.25) is 0 Å². The van der Waals surface area contributed by atoms with Crippen molar-refractivity contribution < 1.29 is 9.52 Å². The molecule has 0 aliphatic carbocycles. The maximum absolute atomic E-state index is 10.3. The molecule has 0 aliphatic rings. The van der Waals surface area contributed by atoms with Crippen molar-refractivity contribution in [3.8, 4) is 22.9 Å². The minimum absolute atomic E-state index is 0.0921. The zero-order valence-electron chi connectivity index (χ0n) is 11.8. The Kier molecular flexibility index (Phi) is 2.69. The van der Waals surface area contributed by atoms with Gasteiger partial charge in [-0.3, -0.25) is 4.57 Å². The van der Waals surface area contributed by atoms with Crippen LogP contribution in [0, 0.1) is 6.92 Å². The fourth-order valence-corrected chi connectivity index (χ4v) is 2.35. The molecule has 22 heavy (non-hydrogen) atoms. The number of benzene rings is 2. The van der Waals surface area contributed by atoms with Crippen LogP contribution in [0.5, 0.6) is 5.75 Å². The van der Waals surface area contributed by atoms with Gasteiger partial charge in [-0.05, 0) is 36.8 Å². The van der Waals surface area contributed by atoms with Gasteiger partial charge in [-0.1, -0.05) is 6.07 Å². The molecule has 0 radical (unpaired) electrons. The number of hydrogen-bond acceptors (Lipinski definition) is 5. The molecule has 0 aliphatic heterocycles. The monoisotopic (exact) mass is 292 g/mol. The van der Waals surface area contributed by atoms with Gasteiger partial charge in [0.15, 0.2) is 5.58 Å². The molecule has 0 saturated carbocycles. The van der Waals surface area contributed by atoms with Crippen molar-refractivity contribution in [2.75, 3.05) is 0 Å². The van der Waals surface area contributed by atoms with Crippen molar-refractivity contribution in [3.05, 3.63) is 54.6 Å². The van der Waals surface area contributed by atoms with Gasteiger partial charge in [0.1, 0.15) is 23.9 Å². The highest BCUT2D eigenvalue weighted by Gasteiger charge is 2.13. The first-order valence-corrected chi connectivity index (χ1v) is 6.76. The average molecular weight is 292 g/mol. The van der Waals surface area contributed by atoms with Crippen LogP contribution in [0.4, 0.5) is 0 Å². The summed E-state index contributed by atoms with van der Waals surface area (Å²) in [5, 5.41) is 17.8. The van der Waals surface area contributed by atoms with Gasteiger partial charge in [0.05, 0.1) is 11.3 Å². The largest absolute Gasteiger partial charge is 0.507 e. The van der Waals surface area contributed by atoms with E-state index in [-0.39, 0.29) is 5.75 Å². The number of aromatic hydroxyl groups is 1. The van der Waals surface area contributed by atoms with E-state index in [1.54, 1.807) is 29.4 Å². The molecular weight excluding hydrogens is 280 g/mol. The fraction of sp³-hybridized carbons (Fsp3) is 0.0625. The molecule has 0 fully saturated rings. The zero-order chi connectivity index (χ0) is 15.1. The maximum Gasteiger partial charge on any atom is 0.231 e. The predicted molar refractivity (Wildman–Crippen MR) is 80.8 cm³/mol. The average Bonchev–Trinajstić information content (AvgIpc) is 3.15. The van der Waals surface area contributed by atoms with E-state index in [4.69, 9.17) is 4.42 Å². The van der Waals surface area contributed by atoms with E-state index in [9.17, 15) is 5.11 Å². The highest BCUT2D eigenvalue weighted by atomic mass is 16.3. The summed E-state index contributed by atoms with van der Waals surface area (Å²) in [6.45, 7) is 2.00. The Morgan fingerprint density at radius 1 is 1.05 bits per heavy atom. The van der Waals surface area contributed by atoms with Crippen LogP contribution >= 0.6 is 0 Å². The van der Waals surface area contributed by atoms with Gasteiger partial charge >= 0.3 is 0 Å². The molecule has 4 aromatic rings. The normalized spacial score (nSPS) is 11.1. The summed E-state index contributed by atoms with van der Waals surface area (Å²) in [6.07, 6.45) is 3.13. The lowest BCUT2D eigenvalue weighted by molar-refractivity contribution is 0.474. The lowest BCUT2D eigenvalue weighted by atomic mass is 10.2. The highest BCUT2D eigenvalue weighted by molar-refractivity contribution is 5.78. The number of oxazole rings is 1. The lowest BCUT2D eigenvalue weighted by Gasteiger charge is -2.04. The third-order valence-corrected chi connectivity index (χ3v) is 3.47. The Labute approximate surface area is 125 Å². The second-order valence-corrected chi connectivity index (χ2v) is 5.06. The summed E-state index contributed by atoms with van der Waals surface area (Å²) >= 11 is 0. The Morgan fingerprint density at radius 3 is 2.64 bits per heavy atom. The fourth-order valence-electron chi connectivity index (χ4n) is 2.35. The Bertz CT molecular complexity index is 958. The topological polar surface area (TPSA) is 77.0 Å². The molecule has 0 bridgehead atoms. The first-order chi connectivity index (χ1) is 10.7. The third kappa shape index (κ3) is 2.01. The second-order valence-electron chi connectivity index (χ2n) is 5.06. The van der Waals surface area contributed by atoms with E-state index in [1.165, 1.54) is 0 Å². The zero-order valence-corrected chi connectivity index (χ0v) is 11.8. The van der Waals surface area contributed by atoms with Gasteiger partial charge in [0.25, 0.3) is 0 Å². The van der Waals surface area contributed by atoms with Crippen molar-refractivity contribution in [1.82, 2.24) is 19.7 Å². The van der Waals surface area contributed by atoms with Crippen molar-refractivity contribution in [1.29, 1.82) is 0 Å². The minimum Gasteiger partial charge on any atom is -0.507 e. The van der Waals surface area contributed by atoms with Crippen molar-refractivity contribution in [2.45, 2.75) is 6.92 Å². The molecule has 0 unspecified atom stereocenters. The van der Waals surface area contributed by atoms with E-state index >= 15 is 0 Å². The number of aryl methyl sites for hydroxylation is 1. The summed E-state index contributed by atoms with van der Waals surface area (Å²) in [5.74, 6) is 0.489. The van der Waals surface area contributed by atoms with Crippen molar-refractivity contribution in [3.63, 3.8) is 0 Å². The van der Waals surface area contributed by atoms with Gasteiger partial charge in [-0.25, -0.2) is 4.98 Å². The molecule has 2 aromatic heterocycles. The molecule has 1 N–H and O–H groups in total. The summed E-state index contributed by atoms with van der Waals surface area (Å²) in [5.41, 5.74) is 3.89. The van der Waals surface area contributed by atoms with E-state index in [2.05, 4.69) is 15.2 Å². The first-order valence-electron chi connectivity index (χ1n) is 6.76. The predicted octanol–water partition coefficient (Wildman–Crippen LogP) is 3.09. The van der Waals surface area contributed by atoms with Crippen LogP contribution in [0.15, 0.2) is 53.5 Å². The van der Waals surface area contributed by atoms with E-state index in [0.29, 0.717) is 17.0 Å². The van der Waals surface area contributed by atoms with Gasteiger partial charge in [0.2, 0.25) is 5.89 Å². The minimum atomic E-state index is 0.0921. The molecule has 0 spiro atoms. The molecule has 4 rings (SSSR count). The quantitative estimate of drug-likeness (QED) is 0.614. The summed E-state index contributed by atoms with van der Waals surface area (Å²) in [6, 6.07) is 11.0. The number of fused-ring (bicyclic) bond motifs is 1. The second kappa shape index (κ2) is 4.70. The SMILES string of the molecule is Cc1ccc2oc(-c3ccc(-n4cnnc4)cc3O)nc2c1. The van der Waals surface area contributed by atoms with Crippen LogP contribution in [0.25, 0.3) is 28.2 Å². The molecule has 2 aromatic carbocycles. The third-order valence-electron chi connectivity index (χ3n) is 3.47. The first kappa shape index (κ1) is 12.6. The number of phenols is 1. The molecule has 0 saturated heterocycles. The Balaban J connectivity index is 1.81. The standard InChI is InChI=1S/C16H12N4O2/c1-10-2-5-15-13(6-10)19-16(22-15)12-4-3-11(7-14(12)21)20-8-17-18-9-20/h2-9,21H,1H3. The summed E-state index contributed by atoms with van der Waals surface area (Å²) in [7, 11) is 0. The van der Waals surface area contributed by atoms with Crippen LogP contribution in [0.3, 0.4) is 0 Å². The van der Waals surface area contributed by atoms with Crippen LogP contribution in [-0.2, 0) is 0 Å². The number of phenolic OH excluding ortho intramolecular Hbond substituents is 1. The van der Waals surface area contributed by atoms with Crippen LogP contribution < -0.4 is 0 Å². The molecule has 6 nitrogen and oxygen atoms in total. The number of rotatable bonds is 2. The molecule has 6 heteroatoms. The Morgan fingerprint density at radius 2 is 1.86 bits per heavy atom. The van der Waals surface area contributed by atoms with Crippen molar-refractivity contribution in [2.24, 2.45) is 0 Å². The molecule has 108 valence electrons.